The zero-order valence-corrected chi connectivity index (χ0v) is 16.7. The van der Waals surface area contributed by atoms with E-state index in [1.807, 2.05) is 4.90 Å². The van der Waals surface area contributed by atoms with Crippen molar-refractivity contribution in [3.63, 3.8) is 0 Å². The zero-order chi connectivity index (χ0) is 19.6. The summed E-state index contributed by atoms with van der Waals surface area (Å²) < 4.78 is 44.2. The van der Waals surface area contributed by atoms with Crippen molar-refractivity contribution in [3.8, 4) is 17.3 Å². The lowest BCUT2D eigenvalue weighted by atomic mass is 9.91. The van der Waals surface area contributed by atoms with E-state index in [1.54, 1.807) is 7.05 Å². The molecule has 1 spiro atoms. The fraction of sp³-hybridized carbons (Fsp3) is 0.444. The Balaban J connectivity index is 1.78. The standard InChI is InChI=1S/C18H15BrClF3N4/c1-26-16(11(19)8-25-26)14-10(7-24)13(6-12(20)15(14)21)27-4-2-17(3-5-27)9-18(17,22)23/h6,8H,2-5,9H2,1H3. The fourth-order valence-corrected chi connectivity index (χ4v) is 4.73. The second kappa shape index (κ2) is 6.14. The van der Waals surface area contributed by atoms with Gasteiger partial charge in [0.15, 0.2) is 5.82 Å². The second-order valence-electron chi connectivity index (χ2n) is 7.17. The van der Waals surface area contributed by atoms with Gasteiger partial charge in [0.05, 0.1) is 38.2 Å². The number of alkyl halides is 2. The van der Waals surface area contributed by atoms with E-state index in [0.29, 0.717) is 41.8 Å². The Kier molecular flexibility index (Phi) is 4.24. The van der Waals surface area contributed by atoms with Crippen molar-refractivity contribution >= 4 is 33.2 Å². The highest BCUT2D eigenvalue weighted by molar-refractivity contribution is 9.10. The van der Waals surface area contributed by atoms with Crippen molar-refractivity contribution in [2.45, 2.75) is 25.2 Å². The average Bonchev–Trinajstić information content (AvgIpc) is 2.98. The van der Waals surface area contributed by atoms with Gasteiger partial charge in [0.25, 0.3) is 5.92 Å². The Morgan fingerprint density at radius 1 is 1.33 bits per heavy atom. The monoisotopic (exact) mass is 458 g/mol. The van der Waals surface area contributed by atoms with Gasteiger partial charge >= 0.3 is 0 Å². The van der Waals surface area contributed by atoms with Gasteiger partial charge in [-0.15, -0.1) is 0 Å². The normalized spacial score (nSPS) is 20.0. The Morgan fingerprint density at radius 3 is 2.44 bits per heavy atom. The van der Waals surface area contributed by atoms with Gasteiger partial charge in [-0.1, -0.05) is 11.6 Å². The second-order valence-corrected chi connectivity index (χ2v) is 8.43. The smallest absolute Gasteiger partial charge is 0.254 e. The summed E-state index contributed by atoms with van der Waals surface area (Å²) in [4.78, 5) is 1.84. The highest BCUT2D eigenvalue weighted by Crippen LogP contribution is 2.66. The van der Waals surface area contributed by atoms with Gasteiger partial charge in [-0.3, -0.25) is 4.68 Å². The van der Waals surface area contributed by atoms with Crippen molar-refractivity contribution in [2.24, 2.45) is 12.5 Å². The molecule has 0 bridgehead atoms. The third-order valence-corrected chi connectivity index (χ3v) is 6.57. The zero-order valence-electron chi connectivity index (χ0n) is 14.4. The lowest BCUT2D eigenvalue weighted by Gasteiger charge is -2.35. The maximum Gasteiger partial charge on any atom is 0.254 e. The topological polar surface area (TPSA) is 44.9 Å². The van der Waals surface area contributed by atoms with Crippen LogP contribution in [0.1, 0.15) is 24.8 Å². The summed E-state index contributed by atoms with van der Waals surface area (Å²) >= 11 is 9.46. The molecule has 1 aliphatic carbocycles. The first-order valence-corrected chi connectivity index (χ1v) is 9.60. The average molecular weight is 460 g/mol. The number of nitrogens with zero attached hydrogens (tertiary/aromatic N) is 4. The molecule has 27 heavy (non-hydrogen) atoms. The molecule has 4 rings (SSSR count). The Bertz CT molecular complexity index is 954. The van der Waals surface area contributed by atoms with E-state index in [9.17, 15) is 18.4 Å². The minimum absolute atomic E-state index is 0.0592. The highest BCUT2D eigenvalue weighted by atomic mass is 79.9. The van der Waals surface area contributed by atoms with E-state index < -0.39 is 17.2 Å². The van der Waals surface area contributed by atoms with Crippen molar-refractivity contribution < 1.29 is 13.2 Å². The van der Waals surface area contributed by atoms with Gasteiger partial charge in [-0.05, 0) is 34.8 Å². The lowest BCUT2D eigenvalue weighted by Crippen LogP contribution is -2.37. The predicted octanol–water partition coefficient (Wildman–Crippen LogP) is 5.14. The molecule has 2 heterocycles. The quantitative estimate of drug-likeness (QED) is 0.625. The summed E-state index contributed by atoms with van der Waals surface area (Å²) in [5.74, 6) is -3.30. The molecule has 0 unspecified atom stereocenters. The molecule has 1 aromatic carbocycles. The largest absolute Gasteiger partial charge is 0.370 e. The van der Waals surface area contributed by atoms with Gasteiger partial charge in [0, 0.05) is 32.0 Å². The van der Waals surface area contributed by atoms with E-state index >= 15 is 0 Å². The van der Waals surface area contributed by atoms with Crippen LogP contribution in [0.15, 0.2) is 16.7 Å². The van der Waals surface area contributed by atoms with Crippen molar-refractivity contribution in [1.29, 1.82) is 5.26 Å². The summed E-state index contributed by atoms with van der Waals surface area (Å²) in [5.41, 5.74) is 0.137. The number of anilines is 1. The van der Waals surface area contributed by atoms with Gasteiger partial charge in [-0.2, -0.15) is 10.4 Å². The van der Waals surface area contributed by atoms with Crippen LogP contribution in [0.25, 0.3) is 11.3 Å². The van der Waals surface area contributed by atoms with Crippen LogP contribution in [0.5, 0.6) is 0 Å². The molecule has 1 aromatic heterocycles. The van der Waals surface area contributed by atoms with E-state index in [0.717, 1.165) is 0 Å². The van der Waals surface area contributed by atoms with Crippen molar-refractivity contribution in [1.82, 2.24) is 9.78 Å². The number of halogens is 5. The number of benzene rings is 1. The number of hydrogen-bond donors (Lipinski definition) is 0. The molecular formula is C18H15BrClF3N4. The molecule has 0 amide bonds. The SMILES string of the molecule is Cn1ncc(Br)c1-c1c(F)c(Cl)cc(N2CCC3(CC2)CC3(F)F)c1C#N. The summed E-state index contributed by atoms with van der Waals surface area (Å²) in [6.45, 7) is 0.746. The van der Waals surface area contributed by atoms with E-state index in [4.69, 9.17) is 11.6 Å². The van der Waals surface area contributed by atoms with Gasteiger partial charge in [-0.25, -0.2) is 13.2 Å². The number of hydrogen-bond acceptors (Lipinski definition) is 3. The molecule has 9 heteroatoms. The van der Waals surface area contributed by atoms with Crippen LogP contribution in [0.4, 0.5) is 18.9 Å². The summed E-state index contributed by atoms with van der Waals surface area (Å²) in [7, 11) is 1.64. The number of aryl methyl sites for hydroxylation is 1. The van der Waals surface area contributed by atoms with Crippen LogP contribution in [0.3, 0.4) is 0 Å². The minimum Gasteiger partial charge on any atom is -0.370 e. The first-order valence-electron chi connectivity index (χ1n) is 8.43. The third kappa shape index (κ3) is 2.74. The van der Waals surface area contributed by atoms with Crippen LogP contribution in [-0.2, 0) is 7.05 Å². The highest BCUT2D eigenvalue weighted by Gasteiger charge is 2.70. The predicted molar refractivity (Wildman–Crippen MR) is 99.5 cm³/mol. The Labute approximate surface area is 167 Å². The van der Waals surface area contributed by atoms with Crippen LogP contribution in [0, 0.1) is 22.6 Å². The first-order chi connectivity index (χ1) is 12.7. The molecule has 2 aliphatic rings. The molecule has 0 atom stereocenters. The maximum absolute atomic E-state index is 14.9. The molecule has 2 fully saturated rings. The maximum atomic E-state index is 14.9. The van der Waals surface area contributed by atoms with Crippen molar-refractivity contribution in [3.05, 3.63) is 33.1 Å². The number of rotatable bonds is 2. The van der Waals surface area contributed by atoms with Gasteiger partial charge < -0.3 is 4.90 Å². The number of nitriles is 1. The number of aromatic nitrogens is 2. The summed E-state index contributed by atoms with van der Waals surface area (Å²) in [5, 5.41) is 13.7. The molecule has 4 nitrogen and oxygen atoms in total. The van der Waals surface area contributed by atoms with Crippen molar-refractivity contribution in [2.75, 3.05) is 18.0 Å². The van der Waals surface area contributed by atoms with Gasteiger partial charge in [0.1, 0.15) is 6.07 Å². The van der Waals surface area contributed by atoms with E-state index in [1.165, 1.54) is 16.9 Å². The lowest BCUT2D eigenvalue weighted by molar-refractivity contribution is 0.0537. The van der Waals surface area contributed by atoms with E-state index in [2.05, 4.69) is 27.1 Å². The molecule has 1 saturated heterocycles. The fourth-order valence-electron chi connectivity index (χ4n) is 3.99. The molecule has 142 valence electrons. The first kappa shape index (κ1) is 18.6. The van der Waals surface area contributed by atoms with Crippen LogP contribution < -0.4 is 4.90 Å². The van der Waals surface area contributed by atoms with Crippen LogP contribution >= 0.6 is 27.5 Å². The molecular weight excluding hydrogens is 445 g/mol. The number of piperidine rings is 1. The molecule has 2 aromatic rings. The Morgan fingerprint density at radius 2 is 1.96 bits per heavy atom. The molecule has 1 aliphatic heterocycles. The molecule has 0 radical (unpaired) electrons. The Hall–Kier alpha value is -1.72. The van der Waals surface area contributed by atoms with Gasteiger partial charge in [0.2, 0.25) is 0 Å². The van der Waals surface area contributed by atoms with Crippen LogP contribution in [0.2, 0.25) is 5.02 Å². The molecule has 0 N–H and O–H groups in total. The van der Waals surface area contributed by atoms with Crippen LogP contribution in [-0.4, -0.2) is 28.8 Å². The summed E-state index contributed by atoms with van der Waals surface area (Å²) in [6, 6.07) is 3.48. The van der Waals surface area contributed by atoms with E-state index in [-0.39, 0.29) is 22.6 Å². The minimum atomic E-state index is -2.59. The molecule has 1 saturated carbocycles. The third-order valence-electron chi connectivity index (χ3n) is 5.71. The summed E-state index contributed by atoms with van der Waals surface area (Å²) in [6.07, 6.45) is 2.11.